The molecule has 1 rings (SSSR count). The van der Waals surface area contributed by atoms with E-state index >= 15 is 0 Å². The highest BCUT2D eigenvalue weighted by Gasteiger charge is 2.41. The van der Waals surface area contributed by atoms with Gasteiger partial charge in [0.1, 0.15) is 0 Å². The Hall–Kier alpha value is -0.533. The highest BCUT2D eigenvalue weighted by atomic mass is 32.2. The zero-order valence-corrected chi connectivity index (χ0v) is 63.0. The van der Waals surface area contributed by atoms with Crippen LogP contribution in [0.5, 0.6) is 0 Å². The Morgan fingerprint density at radius 3 is 1.01 bits per heavy atom. The molecule has 0 aromatic carbocycles. The molecule has 0 atom stereocenters. The fraction of sp³-hybridized carbons (Fsp3) is 0.986. The van der Waals surface area contributed by atoms with E-state index in [2.05, 4.69) is 197 Å². The van der Waals surface area contributed by atoms with Crippen LogP contribution in [0.2, 0.25) is 25.2 Å². The van der Waals surface area contributed by atoms with Crippen LogP contribution in [0.4, 0.5) is 0 Å². The molecule has 81 heavy (non-hydrogen) atoms. The molecule has 0 spiro atoms. The Morgan fingerprint density at radius 1 is 0.420 bits per heavy atom. The lowest BCUT2D eigenvalue weighted by atomic mass is 9.71. The lowest BCUT2D eigenvalue weighted by Crippen LogP contribution is -2.54. The first-order valence-corrected chi connectivity index (χ1v) is 39.5. The summed E-state index contributed by atoms with van der Waals surface area (Å²) in [5.74, 6) is 0.830. The third-order valence-corrected chi connectivity index (χ3v) is 21.9. The summed E-state index contributed by atoms with van der Waals surface area (Å²) in [5.41, 5.74) is 2.90. The minimum Gasteiger partial charge on any atom is -0.356 e. The first-order chi connectivity index (χ1) is 36.0. The van der Waals surface area contributed by atoms with Crippen LogP contribution in [0.15, 0.2) is 0 Å². The topological polar surface area (TPSA) is 107 Å². The molecule has 0 aromatic rings. The SMILES string of the molecule is CC(C)(C)CCCC[Si](C)(C)CC(=O)NCC(C)(C)C.CN(CC(C)(C)C)C1(CCCCCCC(C)(C)C)CCC1.CN(CC(C)(C)C)S(=O)(=O)CCCCCCC(C)(C)C.CN(CC(C)(C)C)S(=O)(=O)CCCCCCC(C)(C)C. The zero-order valence-electron chi connectivity index (χ0n) is 60.4. The molecular formula is C69H148N4O5S2Si. The van der Waals surface area contributed by atoms with Gasteiger partial charge in [-0.25, -0.2) is 25.4 Å². The maximum atomic E-state index is 12.1. The molecule has 490 valence electrons. The highest BCUT2D eigenvalue weighted by molar-refractivity contribution is 7.89. The van der Waals surface area contributed by atoms with Gasteiger partial charge in [0.2, 0.25) is 26.0 Å². The van der Waals surface area contributed by atoms with Crippen LogP contribution >= 0.6 is 0 Å². The van der Waals surface area contributed by atoms with Crippen molar-refractivity contribution in [2.24, 2.45) is 43.3 Å². The van der Waals surface area contributed by atoms with Gasteiger partial charge in [0, 0.05) is 51.9 Å². The molecule has 0 radical (unpaired) electrons. The number of rotatable bonds is 31. The van der Waals surface area contributed by atoms with Crippen molar-refractivity contribution in [3.05, 3.63) is 0 Å². The van der Waals surface area contributed by atoms with E-state index in [4.69, 9.17) is 0 Å². The smallest absolute Gasteiger partial charge is 0.217 e. The largest absolute Gasteiger partial charge is 0.356 e. The summed E-state index contributed by atoms with van der Waals surface area (Å²) in [6.45, 7) is 61.3. The summed E-state index contributed by atoms with van der Waals surface area (Å²) >= 11 is 0. The van der Waals surface area contributed by atoms with Crippen LogP contribution in [-0.2, 0) is 24.8 Å². The fourth-order valence-electron chi connectivity index (χ4n) is 10.4. The number of carbonyl (C=O) groups is 1. The van der Waals surface area contributed by atoms with Gasteiger partial charge in [-0.3, -0.25) is 4.79 Å². The van der Waals surface area contributed by atoms with Crippen molar-refractivity contribution in [3.8, 4) is 0 Å². The molecule has 1 aliphatic carbocycles. The van der Waals surface area contributed by atoms with Gasteiger partial charge < -0.3 is 10.2 Å². The van der Waals surface area contributed by atoms with Crippen LogP contribution in [0, 0.1) is 43.3 Å². The van der Waals surface area contributed by atoms with E-state index in [1.54, 1.807) is 14.1 Å². The van der Waals surface area contributed by atoms with Crippen molar-refractivity contribution >= 4 is 34.0 Å². The summed E-state index contributed by atoms with van der Waals surface area (Å²) in [4.78, 5) is 14.7. The van der Waals surface area contributed by atoms with Crippen molar-refractivity contribution in [2.45, 2.75) is 338 Å². The molecule has 0 bridgehead atoms. The van der Waals surface area contributed by atoms with Crippen molar-refractivity contribution in [1.82, 2.24) is 18.8 Å². The van der Waals surface area contributed by atoms with Gasteiger partial charge in [0.15, 0.2) is 0 Å². The van der Waals surface area contributed by atoms with E-state index in [-0.39, 0.29) is 33.7 Å². The second kappa shape index (κ2) is 37.3. The molecule has 0 unspecified atom stereocenters. The molecule has 0 aromatic heterocycles. The molecule has 1 amide bonds. The Morgan fingerprint density at radius 2 is 0.728 bits per heavy atom. The standard InChI is InChI=1S/C20H41N.C17H37NOSi.2C16H35NO2S/c1-18(2,3)13-10-8-9-11-14-20(15-12-16-20)21(7)17-19(4,5)6;1-16(2,3)11-9-10-12-20(7,8)13-15(19)18-14-17(4,5)6;2*1-15(2,3)12-10-8-9-11-13-20(18,19)17(7)14-16(4,5)6/h8-17H2,1-7H3;9-14H2,1-8H3,(H,18,19);2*8-14H2,1-7H3. The number of unbranched alkanes of at least 4 members (excludes halogenated alkanes) is 10. The Balaban J connectivity index is -0.00000100. The number of sulfonamides is 2. The Kier molecular flexibility index (Phi) is 39.0. The number of hydrogen-bond acceptors (Lipinski definition) is 6. The zero-order chi connectivity index (χ0) is 64.2. The van der Waals surface area contributed by atoms with Crippen LogP contribution in [0.25, 0.3) is 0 Å². The van der Waals surface area contributed by atoms with Crippen molar-refractivity contribution < 1.29 is 21.6 Å². The quantitative estimate of drug-likeness (QED) is 0.0547. The molecule has 0 saturated heterocycles. The summed E-state index contributed by atoms with van der Waals surface area (Å²) in [6.07, 6.45) is 27.3. The lowest BCUT2D eigenvalue weighted by molar-refractivity contribution is -0.119. The predicted octanol–water partition coefficient (Wildman–Crippen LogP) is 19.9. The first kappa shape index (κ1) is 84.7. The number of hydrogen-bond donors (Lipinski definition) is 1. The minimum absolute atomic E-state index is 0.00846. The van der Waals surface area contributed by atoms with Gasteiger partial charge in [-0.2, -0.15) is 0 Å². The van der Waals surface area contributed by atoms with Gasteiger partial charge in [-0.1, -0.05) is 262 Å². The van der Waals surface area contributed by atoms with Gasteiger partial charge in [0.25, 0.3) is 0 Å². The molecule has 1 saturated carbocycles. The summed E-state index contributed by atoms with van der Waals surface area (Å²) in [5, 5.41) is 3.09. The van der Waals surface area contributed by atoms with Crippen LogP contribution in [0.3, 0.4) is 0 Å². The Labute approximate surface area is 511 Å². The van der Waals surface area contributed by atoms with Crippen LogP contribution < -0.4 is 5.32 Å². The van der Waals surface area contributed by atoms with E-state index in [9.17, 15) is 21.6 Å². The van der Waals surface area contributed by atoms with Gasteiger partial charge in [-0.05, 0) is 115 Å². The normalized spacial score (nSPS) is 15.1. The fourth-order valence-corrected chi connectivity index (χ4v) is 15.7. The van der Waals surface area contributed by atoms with E-state index in [1.165, 1.54) is 124 Å². The number of nitrogens with one attached hydrogen (secondary N) is 1. The van der Waals surface area contributed by atoms with E-state index in [1.807, 2.05) is 0 Å². The van der Waals surface area contributed by atoms with Crippen LogP contribution in [0.1, 0.15) is 307 Å². The Bertz CT molecular complexity index is 1780. The molecule has 12 heteroatoms. The monoisotopic (exact) mass is 1210 g/mol. The van der Waals surface area contributed by atoms with E-state index in [0.717, 1.165) is 51.1 Å². The van der Waals surface area contributed by atoms with Crippen LogP contribution in [-0.4, -0.2) is 109 Å². The summed E-state index contributed by atoms with van der Waals surface area (Å²) in [7, 11) is -1.77. The average Bonchev–Trinajstić information content (AvgIpc) is 3.20. The minimum atomic E-state index is -3.08. The van der Waals surface area contributed by atoms with Crippen molar-refractivity contribution in [1.29, 1.82) is 0 Å². The molecule has 9 nitrogen and oxygen atoms in total. The molecule has 1 N–H and O–H groups in total. The summed E-state index contributed by atoms with van der Waals surface area (Å²) in [6, 6.07) is 2.05. The van der Waals surface area contributed by atoms with Crippen molar-refractivity contribution in [3.63, 3.8) is 0 Å². The van der Waals surface area contributed by atoms with E-state index < -0.39 is 28.1 Å². The average molecular weight is 1210 g/mol. The predicted molar refractivity (Wildman–Crippen MR) is 366 cm³/mol. The maximum absolute atomic E-state index is 12.1. The van der Waals surface area contributed by atoms with Gasteiger partial charge >= 0.3 is 0 Å². The number of amides is 1. The third kappa shape index (κ3) is 54.6. The lowest BCUT2D eigenvalue weighted by Gasteiger charge is -2.51. The molecule has 0 heterocycles. The third-order valence-electron chi connectivity index (χ3n) is 15.1. The second-order valence-electron chi connectivity index (χ2n) is 36.1. The molecular weight excluding hydrogens is 1060 g/mol. The van der Waals surface area contributed by atoms with Gasteiger partial charge in [-0.15, -0.1) is 0 Å². The molecule has 0 aliphatic heterocycles. The molecule has 1 aliphatic rings. The van der Waals surface area contributed by atoms with Gasteiger partial charge in [0.05, 0.1) is 19.6 Å². The second-order valence-corrected chi connectivity index (χ2v) is 45.7. The van der Waals surface area contributed by atoms with E-state index in [0.29, 0.717) is 45.7 Å². The molecule has 1 fully saturated rings. The number of nitrogens with zero attached hydrogens (tertiary/aromatic N) is 3. The van der Waals surface area contributed by atoms with Crippen molar-refractivity contribution in [2.75, 3.05) is 58.8 Å². The number of carbonyl (C=O) groups excluding carboxylic acids is 1. The first-order valence-electron chi connectivity index (χ1n) is 32.9. The highest BCUT2D eigenvalue weighted by Crippen LogP contribution is 2.42. The summed E-state index contributed by atoms with van der Waals surface area (Å²) < 4.78 is 51.5. The maximum Gasteiger partial charge on any atom is 0.217 e.